The summed E-state index contributed by atoms with van der Waals surface area (Å²) >= 11 is 1.34. The molecule has 0 spiro atoms. The van der Waals surface area contributed by atoms with Gasteiger partial charge >= 0.3 is 5.97 Å². The monoisotopic (exact) mass is 290 g/mol. The molecular weight excluding hydrogens is 276 g/mol. The predicted octanol–water partition coefficient (Wildman–Crippen LogP) is 3.00. The lowest BCUT2D eigenvalue weighted by atomic mass is 10.1. The van der Waals surface area contributed by atoms with Crippen molar-refractivity contribution < 1.29 is 19.4 Å². The van der Waals surface area contributed by atoms with Crippen molar-refractivity contribution in [1.29, 1.82) is 0 Å². The first-order valence-electron chi connectivity index (χ1n) is 6.09. The number of rotatable bonds is 6. The molecule has 0 saturated heterocycles. The number of carbonyl (C=O) groups excluding carboxylic acids is 1. The molecule has 5 heteroatoms. The highest BCUT2D eigenvalue weighted by molar-refractivity contribution is 7.14. The Hall–Kier alpha value is -2.14. The van der Waals surface area contributed by atoms with Crippen LogP contribution < -0.4 is 4.74 Å². The molecule has 4 nitrogen and oxygen atoms in total. The Morgan fingerprint density at radius 1 is 1.15 bits per heavy atom. The van der Waals surface area contributed by atoms with Gasteiger partial charge in [0.25, 0.3) is 0 Å². The number of ether oxygens (including phenoxy) is 1. The van der Waals surface area contributed by atoms with Crippen LogP contribution in [0, 0.1) is 0 Å². The first kappa shape index (κ1) is 14.3. The van der Waals surface area contributed by atoms with E-state index in [0.717, 1.165) is 4.88 Å². The number of carbonyl (C=O) groups is 2. The summed E-state index contributed by atoms with van der Waals surface area (Å²) in [6, 6.07) is 10.5. The Morgan fingerprint density at radius 3 is 2.45 bits per heavy atom. The van der Waals surface area contributed by atoms with Crippen molar-refractivity contribution in [3.05, 3.63) is 51.7 Å². The van der Waals surface area contributed by atoms with Crippen LogP contribution in [0.1, 0.15) is 26.5 Å². The first-order chi connectivity index (χ1) is 9.60. The van der Waals surface area contributed by atoms with E-state index in [1.807, 2.05) is 6.07 Å². The number of benzene rings is 1. The summed E-state index contributed by atoms with van der Waals surface area (Å²) < 4.78 is 5.05. The third kappa shape index (κ3) is 3.45. The second kappa shape index (κ2) is 6.34. The highest BCUT2D eigenvalue weighted by atomic mass is 32.1. The molecule has 1 aromatic carbocycles. The summed E-state index contributed by atoms with van der Waals surface area (Å²) in [6.45, 7) is 0. The second-order valence-electron chi connectivity index (χ2n) is 4.22. The van der Waals surface area contributed by atoms with Crippen LogP contribution in [-0.2, 0) is 11.2 Å². The summed E-state index contributed by atoms with van der Waals surface area (Å²) in [5.41, 5.74) is 0.595. The van der Waals surface area contributed by atoms with Crippen LogP contribution in [0.4, 0.5) is 0 Å². The van der Waals surface area contributed by atoms with Crippen molar-refractivity contribution in [2.45, 2.75) is 12.8 Å². The molecular formula is C15H14O4S. The number of aliphatic carboxylic acids is 1. The zero-order valence-corrected chi connectivity index (χ0v) is 11.8. The van der Waals surface area contributed by atoms with Crippen LogP contribution in [0.3, 0.4) is 0 Å². The standard InChI is InChI=1S/C15H14O4S/c1-19-11-4-2-10(3-5-11)15(18)13-8-6-12(20-13)7-9-14(16)17/h2-6,8H,7,9H2,1H3,(H,16,17). The highest BCUT2D eigenvalue weighted by Gasteiger charge is 2.12. The molecule has 2 aromatic rings. The van der Waals surface area contributed by atoms with Crippen LogP contribution in [0.15, 0.2) is 36.4 Å². The SMILES string of the molecule is COc1ccc(C(=O)c2ccc(CCC(=O)O)s2)cc1. The molecule has 1 N–H and O–H groups in total. The van der Waals surface area contributed by atoms with E-state index >= 15 is 0 Å². The summed E-state index contributed by atoms with van der Waals surface area (Å²) in [6.07, 6.45) is 0.534. The number of aryl methyl sites for hydroxylation is 1. The molecule has 20 heavy (non-hydrogen) atoms. The molecule has 2 rings (SSSR count). The number of thiophene rings is 1. The van der Waals surface area contributed by atoms with Gasteiger partial charge < -0.3 is 9.84 Å². The van der Waals surface area contributed by atoms with Crippen molar-refractivity contribution >= 4 is 23.1 Å². The second-order valence-corrected chi connectivity index (χ2v) is 5.39. The molecule has 0 aliphatic carbocycles. The van der Waals surface area contributed by atoms with Crippen LogP contribution >= 0.6 is 11.3 Å². The minimum absolute atomic E-state index is 0.0563. The fourth-order valence-corrected chi connectivity index (χ4v) is 2.72. The number of hydrogen-bond acceptors (Lipinski definition) is 4. The van der Waals surface area contributed by atoms with Crippen molar-refractivity contribution in [3.63, 3.8) is 0 Å². The van der Waals surface area contributed by atoms with E-state index in [0.29, 0.717) is 22.6 Å². The van der Waals surface area contributed by atoms with E-state index in [9.17, 15) is 9.59 Å². The van der Waals surface area contributed by atoms with Crippen molar-refractivity contribution in [2.75, 3.05) is 7.11 Å². The smallest absolute Gasteiger partial charge is 0.303 e. The average molecular weight is 290 g/mol. The Bertz CT molecular complexity index is 613. The number of hydrogen-bond donors (Lipinski definition) is 1. The molecule has 0 amide bonds. The fourth-order valence-electron chi connectivity index (χ4n) is 1.75. The molecule has 0 bridgehead atoms. The first-order valence-corrected chi connectivity index (χ1v) is 6.91. The molecule has 1 heterocycles. The number of ketones is 1. The third-order valence-electron chi connectivity index (χ3n) is 2.82. The maximum atomic E-state index is 12.3. The van der Waals surface area contributed by atoms with Gasteiger partial charge in [0, 0.05) is 10.4 Å². The normalized spacial score (nSPS) is 10.2. The quantitative estimate of drug-likeness (QED) is 0.831. The fraction of sp³-hybridized carbons (Fsp3) is 0.200. The van der Waals surface area contributed by atoms with E-state index in [-0.39, 0.29) is 12.2 Å². The van der Waals surface area contributed by atoms with Crippen LogP contribution in [0.2, 0.25) is 0 Å². The van der Waals surface area contributed by atoms with Gasteiger partial charge in [-0.25, -0.2) is 0 Å². The Kier molecular flexibility index (Phi) is 4.53. The zero-order valence-electron chi connectivity index (χ0n) is 11.0. The summed E-state index contributed by atoms with van der Waals surface area (Å²) in [5, 5.41) is 8.64. The minimum Gasteiger partial charge on any atom is -0.497 e. The Balaban J connectivity index is 2.10. The molecule has 0 aliphatic heterocycles. The maximum Gasteiger partial charge on any atom is 0.303 e. The van der Waals surface area contributed by atoms with Gasteiger partial charge in [-0.15, -0.1) is 11.3 Å². The van der Waals surface area contributed by atoms with Crippen molar-refractivity contribution in [2.24, 2.45) is 0 Å². The van der Waals surface area contributed by atoms with Gasteiger partial charge in [0.1, 0.15) is 5.75 Å². The van der Waals surface area contributed by atoms with E-state index < -0.39 is 5.97 Å². The topological polar surface area (TPSA) is 63.6 Å². The lowest BCUT2D eigenvalue weighted by molar-refractivity contribution is -0.136. The molecule has 0 unspecified atom stereocenters. The minimum atomic E-state index is -0.832. The van der Waals surface area contributed by atoms with Crippen LogP contribution in [0.25, 0.3) is 0 Å². The Morgan fingerprint density at radius 2 is 1.85 bits per heavy atom. The number of carboxylic acid groups (broad SMARTS) is 1. The highest BCUT2D eigenvalue weighted by Crippen LogP contribution is 2.22. The van der Waals surface area contributed by atoms with Gasteiger partial charge in [-0.1, -0.05) is 0 Å². The van der Waals surface area contributed by atoms with E-state index in [1.165, 1.54) is 11.3 Å². The van der Waals surface area contributed by atoms with Gasteiger partial charge in [0.2, 0.25) is 5.78 Å². The summed E-state index contributed by atoms with van der Waals surface area (Å²) in [7, 11) is 1.57. The maximum absolute atomic E-state index is 12.3. The van der Waals surface area contributed by atoms with Gasteiger partial charge in [0.15, 0.2) is 0 Å². The van der Waals surface area contributed by atoms with E-state index in [2.05, 4.69) is 0 Å². The van der Waals surface area contributed by atoms with Gasteiger partial charge in [0.05, 0.1) is 18.4 Å². The third-order valence-corrected chi connectivity index (χ3v) is 3.97. The lowest BCUT2D eigenvalue weighted by Gasteiger charge is -2.01. The van der Waals surface area contributed by atoms with E-state index in [4.69, 9.17) is 9.84 Å². The molecule has 0 atom stereocenters. The van der Waals surface area contributed by atoms with Gasteiger partial charge in [-0.2, -0.15) is 0 Å². The predicted molar refractivity (Wildman–Crippen MR) is 76.7 cm³/mol. The average Bonchev–Trinajstić information content (AvgIpc) is 2.93. The largest absolute Gasteiger partial charge is 0.497 e. The summed E-state index contributed by atoms with van der Waals surface area (Å²) in [4.78, 5) is 24.3. The number of carboxylic acids is 1. The van der Waals surface area contributed by atoms with E-state index in [1.54, 1.807) is 37.4 Å². The molecule has 0 fully saturated rings. The molecule has 0 saturated carbocycles. The molecule has 104 valence electrons. The molecule has 0 radical (unpaired) electrons. The van der Waals surface area contributed by atoms with Crippen molar-refractivity contribution in [3.8, 4) is 5.75 Å². The number of methoxy groups -OCH3 is 1. The van der Waals surface area contributed by atoms with Gasteiger partial charge in [-0.3, -0.25) is 9.59 Å². The molecule has 1 aromatic heterocycles. The zero-order chi connectivity index (χ0) is 14.5. The van der Waals surface area contributed by atoms with Gasteiger partial charge in [-0.05, 0) is 42.8 Å². The summed E-state index contributed by atoms with van der Waals surface area (Å²) in [5.74, 6) is -0.185. The van der Waals surface area contributed by atoms with Crippen LogP contribution in [0.5, 0.6) is 5.75 Å². The van der Waals surface area contributed by atoms with Crippen molar-refractivity contribution in [1.82, 2.24) is 0 Å². The Labute approximate surface area is 120 Å². The van der Waals surface area contributed by atoms with Crippen LogP contribution in [-0.4, -0.2) is 24.0 Å². The molecule has 0 aliphatic rings. The lowest BCUT2D eigenvalue weighted by Crippen LogP contribution is -1.98.